The Hall–Kier alpha value is -2.70. The molecule has 0 unspecified atom stereocenters. The molecular formula is C13H12N2O5. The molecule has 0 atom stereocenters. The van der Waals surface area contributed by atoms with Crippen LogP contribution >= 0.6 is 0 Å². The molecule has 1 aliphatic heterocycles. The van der Waals surface area contributed by atoms with Crippen molar-refractivity contribution >= 4 is 5.97 Å². The number of hydrogen-bond acceptors (Lipinski definition) is 5. The second-order valence-electron chi connectivity index (χ2n) is 4.31. The lowest BCUT2D eigenvalue weighted by molar-refractivity contribution is 0.0690. The molecule has 0 amide bonds. The van der Waals surface area contributed by atoms with Gasteiger partial charge in [0.2, 0.25) is 5.75 Å². The normalized spacial score (nSPS) is 13.8. The summed E-state index contributed by atoms with van der Waals surface area (Å²) in [5.74, 6) is -0.483. The van der Waals surface area contributed by atoms with E-state index < -0.39 is 5.97 Å². The minimum absolute atomic E-state index is 0.0495. The molecule has 3 rings (SSSR count). The molecule has 7 heteroatoms. The van der Waals surface area contributed by atoms with Crippen molar-refractivity contribution in [2.45, 2.75) is 6.42 Å². The van der Waals surface area contributed by atoms with E-state index in [4.69, 9.17) is 14.6 Å². The molecule has 104 valence electrons. The van der Waals surface area contributed by atoms with Gasteiger partial charge in [-0.3, -0.25) is 5.10 Å². The third-order valence-electron chi connectivity index (χ3n) is 2.97. The number of aromatic carboxylic acids is 1. The summed E-state index contributed by atoms with van der Waals surface area (Å²) in [4.78, 5) is 10.8. The highest BCUT2D eigenvalue weighted by Gasteiger charge is 2.20. The Labute approximate surface area is 113 Å². The molecule has 3 N–H and O–H groups in total. The maximum Gasteiger partial charge on any atom is 0.353 e. The largest absolute Gasteiger partial charge is 0.504 e. The van der Waals surface area contributed by atoms with Gasteiger partial charge in [-0.15, -0.1) is 0 Å². The van der Waals surface area contributed by atoms with Gasteiger partial charge in [0.25, 0.3) is 0 Å². The maximum absolute atomic E-state index is 10.8. The Balaban J connectivity index is 2.05. The summed E-state index contributed by atoms with van der Waals surface area (Å²) in [5.41, 5.74) is 0.667. The third kappa shape index (κ3) is 2.03. The molecule has 2 aromatic rings. The Morgan fingerprint density at radius 3 is 2.85 bits per heavy atom. The average molecular weight is 276 g/mol. The van der Waals surface area contributed by atoms with Gasteiger partial charge in [-0.1, -0.05) is 0 Å². The van der Waals surface area contributed by atoms with Gasteiger partial charge in [0.15, 0.2) is 11.5 Å². The monoisotopic (exact) mass is 276 g/mol. The van der Waals surface area contributed by atoms with Crippen molar-refractivity contribution in [1.82, 2.24) is 10.2 Å². The number of phenols is 1. The average Bonchev–Trinajstić information content (AvgIpc) is 2.78. The van der Waals surface area contributed by atoms with Crippen molar-refractivity contribution in [3.8, 4) is 28.5 Å². The van der Waals surface area contributed by atoms with Gasteiger partial charge in [0.1, 0.15) is 5.69 Å². The number of hydrogen-bond donors (Lipinski definition) is 3. The number of aromatic amines is 1. The first kappa shape index (κ1) is 12.3. The van der Waals surface area contributed by atoms with Crippen molar-refractivity contribution in [2.75, 3.05) is 13.2 Å². The number of benzene rings is 1. The van der Waals surface area contributed by atoms with Gasteiger partial charge < -0.3 is 19.7 Å². The van der Waals surface area contributed by atoms with E-state index in [0.29, 0.717) is 30.2 Å². The van der Waals surface area contributed by atoms with E-state index in [9.17, 15) is 9.90 Å². The molecule has 0 radical (unpaired) electrons. The molecule has 0 fully saturated rings. The van der Waals surface area contributed by atoms with Crippen LogP contribution in [0.5, 0.6) is 17.2 Å². The number of ether oxygens (including phenoxy) is 2. The fraction of sp³-hybridized carbons (Fsp3) is 0.231. The minimum atomic E-state index is -1.11. The molecule has 0 spiro atoms. The smallest absolute Gasteiger partial charge is 0.353 e. The molecule has 0 aliphatic carbocycles. The van der Waals surface area contributed by atoms with Crippen LogP contribution in [-0.2, 0) is 0 Å². The first-order valence-electron chi connectivity index (χ1n) is 6.07. The van der Waals surface area contributed by atoms with Crippen LogP contribution in [0.15, 0.2) is 18.2 Å². The lowest BCUT2D eigenvalue weighted by Crippen LogP contribution is -1.97. The molecular weight excluding hydrogens is 264 g/mol. The predicted molar refractivity (Wildman–Crippen MR) is 68.3 cm³/mol. The highest BCUT2D eigenvalue weighted by molar-refractivity contribution is 5.87. The van der Waals surface area contributed by atoms with Gasteiger partial charge in [0.05, 0.1) is 18.9 Å². The second kappa shape index (κ2) is 4.76. The van der Waals surface area contributed by atoms with E-state index in [1.165, 1.54) is 6.07 Å². The van der Waals surface area contributed by atoms with Gasteiger partial charge >= 0.3 is 5.97 Å². The fourth-order valence-electron chi connectivity index (χ4n) is 2.00. The van der Waals surface area contributed by atoms with Crippen LogP contribution in [0.3, 0.4) is 0 Å². The van der Waals surface area contributed by atoms with E-state index in [-0.39, 0.29) is 17.2 Å². The van der Waals surface area contributed by atoms with Crippen molar-refractivity contribution in [1.29, 1.82) is 0 Å². The van der Waals surface area contributed by atoms with Crippen LogP contribution in [0.2, 0.25) is 0 Å². The Kier molecular flexibility index (Phi) is 2.94. The Morgan fingerprint density at radius 2 is 2.10 bits per heavy atom. The van der Waals surface area contributed by atoms with Gasteiger partial charge in [0, 0.05) is 12.0 Å². The van der Waals surface area contributed by atoms with Crippen LogP contribution < -0.4 is 9.47 Å². The number of carboxylic acid groups (broad SMARTS) is 1. The Morgan fingerprint density at radius 1 is 1.30 bits per heavy atom. The predicted octanol–water partition coefficient (Wildman–Crippen LogP) is 1.64. The van der Waals surface area contributed by atoms with Crippen LogP contribution in [0, 0.1) is 0 Å². The standard InChI is InChI=1S/C13H12N2O5/c16-11-7(8-6-9(13(17)18)15-14-8)2-3-10-12(11)20-5-1-4-19-10/h2-3,6,16H,1,4-5H2,(H,14,15)(H,17,18). The number of nitrogens with one attached hydrogen (secondary N) is 1. The molecule has 20 heavy (non-hydrogen) atoms. The Bertz CT molecular complexity index is 665. The molecule has 7 nitrogen and oxygen atoms in total. The number of H-pyrrole nitrogens is 1. The maximum atomic E-state index is 10.8. The molecule has 0 saturated heterocycles. The van der Waals surface area contributed by atoms with Gasteiger partial charge in [-0.25, -0.2) is 4.79 Å². The van der Waals surface area contributed by atoms with Crippen molar-refractivity contribution in [2.24, 2.45) is 0 Å². The number of carboxylic acids is 1. The number of carbonyl (C=O) groups is 1. The summed E-state index contributed by atoms with van der Waals surface area (Å²) in [6.07, 6.45) is 0.731. The van der Waals surface area contributed by atoms with E-state index in [0.717, 1.165) is 6.42 Å². The number of aromatic nitrogens is 2. The van der Waals surface area contributed by atoms with E-state index in [1.807, 2.05) is 0 Å². The summed E-state index contributed by atoms with van der Waals surface area (Å²) in [6.45, 7) is 0.975. The summed E-state index contributed by atoms with van der Waals surface area (Å²) < 4.78 is 10.9. The topological polar surface area (TPSA) is 105 Å². The molecule has 2 heterocycles. The number of nitrogens with zero attached hydrogens (tertiary/aromatic N) is 1. The number of fused-ring (bicyclic) bond motifs is 1. The first-order chi connectivity index (χ1) is 9.66. The van der Waals surface area contributed by atoms with E-state index in [1.54, 1.807) is 12.1 Å². The minimum Gasteiger partial charge on any atom is -0.504 e. The highest BCUT2D eigenvalue weighted by atomic mass is 16.5. The molecule has 1 aromatic carbocycles. The van der Waals surface area contributed by atoms with Crippen molar-refractivity contribution < 1.29 is 24.5 Å². The van der Waals surface area contributed by atoms with E-state index >= 15 is 0 Å². The quantitative estimate of drug-likeness (QED) is 0.770. The zero-order valence-electron chi connectivity index (χ0n) is 10.4. The summed E-state index contributed by atoms with van der Waals surface area (Å²) >= 11 is 0. The highest BCUT2D eigenvalue weighted by Crippen LogP contribution is 2.44. The van der Waals surface area contributed by atoms with E-state index in [2.05, 4.69) is 10.2 Å². The molecule has 0 saturated carbocycles. The SMILES string of the molecule is O=C(O)c1cc(-c2ccc3c(c2O)OCCCO3)n[nH]1. The first-order valence-corrected chi connectivity index (χ1v) is 6.07. The van der Waals surface area contributed by atoms with Crippen molar-refractivity contribution in [3.63, 3.8) is 0 Å². The number of aromatic hydroxyl groups is 1. The third-order valence-corrected chi connectivity index (χ3v) is 2.97. The summed E-state index contributed by atoms with van der Waals surface area (Å²) in [6, 6.07) is 4.64. The van der Waals surface area contributed by atoms with Gasteiger partial charge in [-0.2, -0.15) is 5.10 Å². The lowest BCUT2D eigenvalue weighted by Gasteiger charge is -2.11. The number of rotatable bonds is 2. The summed E-state index contributed by atoms with van der Waals surface area (Å²) in [7, 11) is 0. The molecule has 1 aliphatic rings. The van der Waals surface area contributed by atoms with Crippen molar-refractivity contribution in [3.05, 3.63) is 23.9 Å². The van der Waals surface area contributed by atoms with Crippen LogP contribution in [0.4, 0.5) is 0 Å². The second-order valence-corrected chi connectivity index (χ2v) is 4.31. The zero-order chi connectivity index (χ0) is 14.1. The lowest BCUT2D eigenvalue weighted by atomic mass is 10.1. The molecule has 1 aromatic heterocycles. The van der Waals surface area contributed by atoms with Gasteiger partial charge in [-0.05, 0) is 18.2 Å². The summed E-state index contributed by atoms with van der Waals surface area (Å²) in [5, 5.41) is 25.4. The molecule has 0 bridgehead atoms. The van der Waals surface area contributed by atoms with Crippen LogP contribution in [0.1, 0.15) is 16.9 Å². The number of phenolic OH excluding ortho intramolecular Hbond substituents is 1. The zero-order valence-corrected chi connectivity index (χ0v) is 10.4. The van der Waals surface area contributed by atoms with Crippen LogP contribution in [0.25, 0.3) is 11.3 Å². The fourth-order valence-corrected chi connectivity index (χ4v) is 2.00. The van der Waals surface area contributed by atoms with Crippen LogP contribution in [-0.4, -0.2) is 39.6 Å².